The van der Waals surface area contributed by atoms with E-state index in [0.717, 1.165) is 37.7 Å². The lowest BCUT2D eigenvalue weighted by Crippen LogP contribution is -2.43. The molecule has 2 heterocycles. The van der Waals surface area contributed by atoms with Crippen molar-refractivity contribution >= 4 is 5.82 Å². The molecule has 2 unspecified atom stereocenters. The fourth-order valence-corrected chi connectivity index (χ4v) is 2.46. The minimum absolute atomic E-state index is 0.542. The van der Waals surface area contributed by atoms with E-state index in [9.17, 15) is 0 Å². The molecule has 1 aromatic heterocycles. The van der Waals surface area contributed by atoms with Gasteiger partial charge in [0.15, 0.2) is 0 Å². The van der Waals surface area contributed by atoms with Crippen LogP contribution in [0.4, 0.5) is 5.82 Å². The summed E-state index contributed by atoms with van der Waals surface area (Å²) >= 11 is 0. The summed E-state index contributed by atoms with van der Waals surface area (Å²) < 4.78 is 5.20. The highest BCUT2D eigenvalue weighted by Crippen LogP contribution is 2.27. The Labute approximate surface area is 108 Å². The van der Waals surface area contributed by atoms with Crippen LogP contribution < -0.4 is 15.4 Å². The lowest BCUT2D eigenvalue weighted by molar-refractivity contribution is 0.306. The van der Waals surface area contributed by atoms with Crippen LogP contribution in [0.15, 0.2) is 6.07 Å². The Bertz CT molecular complexity index is 410. The minimum Gasteiger partial charge on any atom is -0.481 e. The van der Waals surface area contributed by atoms with Gasteiger partial charge in [-0.1, -0.05) is 6.92 Å². The standard InChI is InChI=1S/C13H22N4O/c1-9-4-5-17(8-11(9)7-14)12-6-13(18-3)16-10(2)15-12/h6,9,11H,4-5,7-8,14H2,1-3H3. The zero-order valence-electron chi connectivity index (χ0n) is 11.4. The maximum atomic E-state index is 5.84. The molecular formula is C13H22N4O. The number of ether oxygens (including phenoxy) is 1. The molecule has 2 atom stereocenters. The molecule has 1 fully saturated rings. The number of nitrogens with zero attached hydrogens (tertiary/aromatic N) is 3. The van der Waals surface area contributed by atoms with E-state index >= 15 is 0 Å². The van der Waals surface area contributed by atoms with Gasteiger partial charge in [0.1, 0.15) is 11.6 Å². The molecule has 0 aliphatic carbocycles. The van der Waals surface area contributed by atoms with Gasteiger partial charge in [0, 0.05) is 19.2 Å². The van der Waals surface area contributed by atoms with Crippen LogP contribution in [0, 0.1) is 18.8 Å². The Balaban J connectivity index is 2.18. The highest BCUT2D eigenvalue weighted by atomic mass is 16.5. The van der Waals surface area contributed by atoms with E-state index in [2.05, 4.69) is 21.8 Å². The molecule has 0 aromatic carbocycles. The van der Waals surface area contributed by atoms with Crippen molar-refractivity contribution in [2.75, 3.05) is 31.6 Å². The van der Waals surface area contributed by atoms with Crippen molar-refractivity contribution in [2.45, 2.75) is 20.3 Å². The molecule has 5 heteroatoms. The molecule has 5 nitrogen and oxygen atoms in total. The first-order chi connectivity index (χ1) is 8.63. The Morgan fingerprint density at radius 3 is 2.94 bits per heavy atom. The van der Waals surface area contributed by atoms with Gasteiger partial charge < -0.3 is 15.4 Å². The third-order valence-electron chi connectivity index (χ3n) is 3.75. The van der Waals surface area contributed by atoms with Crippen LogP contribution >= 0.6 is 0 Å². The number of aryl methyl sites for hydroxylation is 1. The number of anilines is 1. The van der Waals surface area contributed by atoms with Crippen molar-refractivity contribution in [3.05, 3.63) is 11.9 Å². The Morgan fingerprint density at radius 1 is 1.50 bits per heavy atom. The van der Waals surface area contributed by atoms with Crippen molar-refractivity contribution in [3.8, 4) is 5.88 Å². The lowest BCUT2D eigenvalue weighted by Gasteiger charge is -2.37. The predicted octanol–water partition coefficient (Wildman–Crippen LogP) is 1.21. The van der Waals surface area contributed by atoms with Crippen LogP contribution in [-0.4, -0.2) is 36.7 Å². The normalized spacial score (nSPS) is 24.1. The van der Waals surface area contributed by atoms with Crippen molar-refractivity contribution in [3.63, 3.8) is 0 Å². The van der Waals surface area contributed by atoms with Gasteiger partial charge in [-0.05, 0) is 31.7 Å². The van der Waals surface area contributed by atoms with E-state index in [1.807, 2.05) is 13.0 Å². The first-order valence-electron chi connectivity index (χ1n) is 6.48. The monoisotopic (exact) mass is 250 g/mol. The van der Waals surface area contributed by atoms with E-state index in [1.54, 1.807) is 7.11 Å². The van der Waals surface area contributed by atoms with E-state index in [-0.39, 0.29) is 0 Å². The smallest absolute Gasteiger partial charge is 0.218 e. The van der Waals surface area contributed by atoms with Gasteiger partial charge in [0.05, 0.1) is 7.11 Å². The largest absolute Gasteiger partial charge is 0.481 e. The molecule has 100 valence electrons. The van der Waals surface area contributed by atoms with Crippen molar-refractivity contribution in [1.29, 1.82) is 0 Å². The molecule has 2 rings (SSSR count). The maximum absolute atomic E-state index is 5.84. The number of methoxy groups -OCH3 is 1. The number of rotatable bonds is 3. The Morgan fingerprint density at radius 2 is 2.28 bits per heavy atom. The average molecular weight is 250 g/mol. The second-order valence-electron chi connectivity index (χ2n) is 5.02. The average Bonchev–Trinajstić information content (AvgIpc) is 2.38. The number of aromatic nitrogens is 2. The molecule has 0 spiro atoms. The number of hydrogen-bond donors (Lipinski definition) is 1. The van der Waals surface area contributed by atoms with E-state index in [0.29, 0.717) is 17.7 Å². The second-order valence-corrected chi connectivity index (χ2v) is 5.02. The number of nitrogens with two attached hydrogens (primary N) is 1. The van der Waals surface area contributed by atoms with E-state index < -0.39 is 0 Å². The molecule has 1 aliphatic rings. The van der Waals surface area contributed by atoms with Crippen LogP contribution in [0.5, 0.6) is 5.88 Å². The Kier molecular flexibility index (Phi) is 4.01. The third-order valence-corrected chi connectivity index (χ3v) is 3.75. The lowest BCUT2D eigenvalue weighted by atomic mass is 9.87. The summed E-state index contributed by atoms with van der Waals surface area (Å²) in [5, 5.41) is 0. The van der Waals surface area contributed by atoms with Gasteiger partial charge >= 0.3 is 0 Å². The highest BCUT2D eigenvalue weighted by molar-refractivity contribution is 5.42. The topological polar surface area (TPSA) is 64.3 Å². The van der Waals surface area contributed by atoms with E-state index in [1.165, 1.54) is 0 Å². The molecule has 1 aromatic rings. The predicted molar refractivity (Wildman–Crippen MR) is 71.9 cm³/mol. The molecular weight excluding hydrogens is 228 g/mol. The molecule has 18 heavy (non-hydrogen) atoms. The molecule has 0 radical (unpaired) electrons. The van der Waals surface area contributed by atoms with Crippen LogP contribution in [-0.2, 0) is 0 Å². The second kappa shape index (κ2) is 5.52. The Hall–Kier alpha value is -1.36. The summed E-state index contributed by atoms with van der Waals surface area (Å²) in [5.74, 6) is 3.55. The molecule has 0 bridgehead atoms. The third kappa shape index (κ3) is 2.72. The zero-order chi connectivity index (χ0) is 13.1. The molecule has 0 amide bonds. The fraction of sp³-hybridized carbons (Fsp3) is 0.692. The van der Waals surface area contributed by atoms with Gasteiger partial charge in [-0.15, -0.1) is 0 Å². The summed E-state index contributed by atoms with van der Waals surface area (Å²) in [6.07, 6.45) is 1.16. The van der Waals surface area contributed by atoms with Crippen LogP contribution in [0.1, 0.15) is 19.2 Å². The van der Waals surface area contributed by atoms with Gasteiger partial charge in [-0.3, -0.25) is 0 Å². The van der Waals surface area contributed by atoms with Crippen LogP contribution in [0.3, 0.4) is 0 Å². The van der Waals surface area contributed by atoms with Gasteiger partial charge in [0.2, 0.25) is 5.88 Å². The van der Waals surface area contributed by atoms with Crippen molar-refractivity contribution in [2.24, 2.45) is 17.6 Å². The van der Waals surface area contributed by atoms with Crippen LogP contribution in [0.2, 0.25) is 0 Å². The van der Waals surface area contributed by atoms with Crippen molar-refractivity contribution in [1.82, 2.24) is 9.97 Å². The summed E-state index contributed by atoms with van der Waals surface area (Å²) in [7, 11) is 1.63. The molecule has 2 N–H and O–H groups in total. The van der Waals surface area contributed by atoms with Crippen molar-refractivity contribution < 1.29 is 4.74 Å². The van der Waals surface area contributed by atoms with E-state index in [4.69, 9.17) is 10.5 Å². The van der Waals surface area contributed by atoms with Gasteiger partial charge in [-0.25, -0.2) is 4.98 Å². The summed E-state index contributed by atoms with van der Waals surface area (Å²) in [6.45, 7) is 6.90. The number of piperidine rings is 1. The number of hydrogen-bond acceptors (Lipinski definition) is 5. The maximum Gasteiger partial charge on any atom is 0.218 e. The quantitative estimate of drug-likeness (QED) is 0.873. The molecule has 1 saturated heterocycles. The first-order valence-corrected chi connectivity index (χ1v) is 6.48. The van der Waals surface area contributed by atoms with Crippen LogP contribution in [0.25, 0.3) is 0 Å². The minimum atomic E-state index is 0.542. The highest BCUT2D eigenvalue weighted by Gasteiger charge is 2.26. The first kappa shape index (κ1) is 13.1. The summed E-state index contributed by atoms with van der Waals surface area (Å²) in [6, 6.07) is 1.90. The molecule has 1 aliphatic heterocycles. The summed E-state index contributed by atoms with van der Waals surface area (Å²) in [5.41, 5.74) is 5.84. The van der Waals surface area contributed by atoms with Gasteiger partial charge in [0.25, 0.3) is 0 Å². The van der Waals surface area contributed by atoms with Gasteiger partial charge in [-0.2, -0.15) is 4.98 Å². The fourth-order valence-electron chi connectivity index (χ4n) is 2.46. The SMILES string of the molecule is COc1cc(N2CCC(C)C(CN)C2)nc(C)n1. The molecule has 0 saturated carbocycles. The zero-order valence-corrected chi connectivity index (χ0v) is 11.4. The summed E-state index contributed by atoms with van der Waals surface area (Å²) in [4.78, 5) is 11.0.